The van der Waals surface area contributed by atoms with Gasteiger partial charge in [-0.2, -0.15) is 5.26 Å². The van der Waals surface area contributed by atoms with Crippen molar-refractivity contribution in [2.45, 2.75) is 40.2 Å². The second kappa shape index (κ2) is 5.65. The van der Waals surface area contributed by atoms with E-state index >= 15 is 0 Å². The summed E-state index contributed by atoms with van der Waals surface area (Å²) >= 11 is 0. The van der Waals surface area contributed by atoms with Gasteiger partial charge in [0.1, 0.15) is 0 Å². The molecule has 1 saturated heterocycles. The first kappa shape index (κ1) is 13.5. The average molecular weight is 223 g/mol. The molecule has 0 aliphatic carbocycles. The van der Waals surface area contributed by atoms with Gasteiger partial charge in [-0.25, -0.2) is 0 Å². The molecule has 1 rings (SSSR count). The maximum Gasteiger partial charge on any atom is 0.0950 e. The van der Waals surface area contributed by atoms with Gasteiger partial charge in [0.15, 0.2) is 0 Å². The third-order valence-electron chi connectivity index (χ3n) is 3.32. The first-order valence-corrected chi connectivity index (χ1v) is 6.28. The Balaban J connectivity index is 2.25. The monoisotopic (exact) mass is 223 g/mol. The van der Waals surface area contributed by atoms with Crippen molar-refractivity contribution >= 4 is 0 Å². The van der Waals surface area contributed by atoms with Crippen molar-refractivity contribution in [1.29, 1.82) is 5.26 Å². The van der Waals surface area contributed by atoms with E-state index in [1.165, 1.54) is 13.0 Å². The first-order chi connectivity index (χ1) is 7.42. The van der Waals surface area contributed by atoms with Crippen molar-refractivity contribution in [3.8, 4) is 6.07 Å². The topological polar surface area (TPSA) is 30.3 Å². The summed E-state index contributed by atoms with van der Waals surface area (Å²) in [5.41, 5.74) is 0.428. The lowest BCUT2D eigenvalue weighted by molar-refractivity contribution is 0.109. The van der Waals surface area contributed by atoms with E-state index in [0.717, 1.165) is 26.2 Å². The molecule has 0 bridgehead atoms. The Morgan fingerprint density at radius 2 is 1.75 bits per heavy atom. The number of hydrogen-bond donors (Lipinski definition) is 0. The standard InChI is InChI=1S/C13H25N3/c1-12(11-14)16-9-7-15(8-10-16)6-5-13(2,3)4/h12H,5-10H2,1-4H3. The third kappa shape index (κ3) is 4.51. The molecule has 3 nitrogen and oxygen atoms in total. The van der Waals surface area contributed by atoms with Crippen LogP contribution in [0.5, 0.6) is 0 Å². The molecule has 1 fully saturated rings. The minimum absolute atomic E-state index is 0.0739. The van der Waals surface area contributed by atoms with E-state index in [4.69, 9.17) is 5.26 Å². The fourth-order valence-electron chi connectivity index (χ4n) is 1.95. The van der Waals surface area contributed by atoms with Gasteiger partial charge in [-0.3, -0.25) is 4.90 Å². The molecule has 0 amide bonds. The minimum Gasteiger partial charge on any atom is -0.301 e. The highest BCUT2D eigenvalue weighted by Gasteiger charge is 2.21. The maximum atomic E-state index is 8.86. The predicted molar refractivity (Wildman–Crippen MR) is 67.2 cm³/mol. The minimum atomic E-state index is 0.0739. The van der Waals surface area contributed by atoms with Crippen LogP contribution < -0.4 is 0 Å². The summed E-state index contributed by atoms with van der Waals surface area (Å²) in [4.78, 5) is 4.79. The average Bonchev–Trinajstić information content (AvgIpc) is 2.25. The Bertz CT molecular complexity index is 241. The first-order valence-electron chi connectivity index (χ1n) is 6.28. The maximum absolute atomic E-state index is 8.86. The zero-order valence-electron chi connectivity index (χ0n) is 11.2. The van der Waals surface area contributed by atoms with Gasteiger partial charge in [-0.1, -0.05) is 20.8 Å². The Morgan fingerprint density at radius 1 is 1.19 bits per heavy atom. The van der Waals surface area contributed by atoms with Crippen molar-refractivity contribution in [3.05, 3.63) is 0 Å². The fraction of sp³-hybridized carbons (Fsp3) is 0.923. The normalized spacial score (nSPS) is 21.7. The van der Waals surface area contributed by atoms with E-state index in [0.29, 0.717) is 5.41 Å². The molecule has 0 spiro atoms. The van der Waals surface area contributed by atoms with E-state index in [9.17, 15) is 0 Å². The molecule has 1 unspecified atom stereocenters. The number of rotatable bonds is 3. The van der Waals surface area contributed by atoms with Crippen LogP contribution in [0.15, 0.2) is 0 Å². The molecule has 0 N–H and O–H groups in total. The molecule has 1 aliphatic rings. The summed E-state index contributed by atoms with van der Waals surface area (Å²) in [5.74, 6) is 0. The number of nitriles is 1. The van der Waals surface area contributed by atoms with Gasteiger partial charge in [0, 0.05) is 26.2 Å². The van der Waals surface area contributed by atoms with E-state index in [-0.39, 0.29) is 6.04 Å². The van der Waals surface area contributed by atoms with Crippen LogP contribution in [0.1, 0.15) is 34.1 Å². The molecule has 1 heterocycles. The van der Waals surface area contributed by atoms with Crippen LogP contribution in [-0.4, -0.2) is 48.6 Å². The number of hydrogen-bond acceptors (Lipinski definition) is 3. The van der Waals surface area contributed by atoms with Gasteiger partial charge in [0.2, 0.25) is 0 Å². The number of piperazine rings is 1. The SMILES string of the molecule is CC(C#N)N1CCN(CCC(C)(C)C)CC1. The van der Waals surface area contributed by atoms with Crippen LogP contribution in [-0.2, 0) is 0 Å². The fourth-order valence-corrected chi connectivity index (χ4v) is 1.95. The van der Waals surface area contributed by atoms with Crippen LogP contribution >= 0.6 is 0 Å². The van der Waals surface area contributed by atoms with E-state index in [1.54, 1.807) is 0 Å². The number of nitrogens with zero attached hydrogens (tertiary/aromatic N) is 3. The quantitative estimate of drug-likeness (QED) is 0.732. The van der Waals surface area contributed by atoms with Crippen molar-refractivity contribution in [2.75, 3.05) is 32.7 Å². The largest absolute Gasteiger partial charge is 0.301 e. The van der Waals surface area contributed by atoms with Crippen LogP contribution in [0, 0.1) is 16.7 Å². The molecule has 0 aromatic rings. The third-order valence-corrected chi connectivity index (χ3v) is 3.32. The van der Waals surface area contributed by atoms with Gasteiger partial charge >= 0.3 is 0 Å². The van der Waals surface area contributed by atoms with Gasteiger partial charge in [0.25, 0.3) is 0 Å². The summed E-state index contributed by atoms with van der Waals surface area (Å²) < 4.78 is 0. The lowest BCUT2D eigenvalue weighted by Crippen LogP contribution is -2.49. The van der Waals surface area contributed by atoms with Crippen molar-refractivity contribution in [3.63, 3.8) is 0 Å². The van der Waals surface area contributed by atoms with Crippen LogP contribution in [0.2, 0.25) is 0 Å². The van der Waals surface area contributed by atoms with Crippen molar-refractivity contribution in [2.24, 2.45) is 5.41 Å². The van der Waals surface area contributed by atoms with Crippen molar-refractivity contribution < 1.29 is 0 Å². The highest BCUT2D eigenvalue weighted by atomic mass is 15.3. The molecule has 92 valence electrons. The van der Waals surface area contributed by atoms with Crippen molar-refractivity contribution in [1.82, 2.24) is 9.80 Å². The van der Waals surface area contributed by atoms with Crippen LogP contribution in [0.4, 0.5) is 0 Å². The van der Waals surface area contributed by atoms with Gasteiger partial charge < -0.3 is 4.90 Å². The molecule has 0 radical (unpaired) electrons. The van der Waals surface area contributed by atoms with E-state index in [2.05, 4.69) is 36.6 Å². The van der Waals surface area contributed by atoms with Crippen LogP contribution in [0.3, 0.4) is 0 Å². The molecule has 16 heavy (non-hydrogen) atoms. The molecule has 0 saturated carbocycles. The van der Waals surface area contributed by atoms with Gasteiger partial charge in [-0.15, -0.1) is 0 Å². The summed E-state index contributed by atoms with van der Waals surface area (Å²) in [7, 11) is 0. The lowest BCUT2D eigenvalue weighted by atomic mass is 9.92. The Hall–Kier alpha value is -0.590. The summed E-state index contributed by atoms with van der Waals surface area (Å²) in [5, 5.41) is 8.86. The molecule has 0 aromatic heterocycles. The molecular formula is C13H25N3. The Labute approximate surface area is 100 Å². The Morgan fingerprint density at radius 3 is 2.19 bits per heavy atom. The lowest BCUT2D eigenvalue weighted by Gasteiger charge is -2.36. The van der Waals surface area contributed by atoms with Gasteiger partial charge in [0.05, 0.1) is 12.1 Å². The molecule has 3 heteroatoms. The van der Waals surface area contributed by atoms with E-state index in [1.807, 2.05) is 6.92 Å². The second-order valence-electron chi connectivity index (χ2n) is 5.99. The highest BCUT2D eigenvalue weighted by molar-refractivity contribution is 4.90. The smallest absolute Gasteiger partial charge is 0.0950 e. The zero-order chi connectivity index (χ0) is 12.2. The molecule has 1 atom stereocenters. The highest BCUT2D eigenvalue weighted by Crippen LogP contribution is 2.19. The van der Waals surface area contributed by atoms with Crippen LogP contribution in [0.25, 0.3) is 0 Å². The zero-order valence-corrected chi connectivity index (χ0v) is 11.2. The molecular weight excluding hydrogens is 198 g/mol. The molecule has 1 aliphatic heterocycles. The summed E-state index contributed by atoms with van der Waals surface area (Å²) in [6, 6.07) is 2.39. The predicted octanol–water partition coefficient (Wildman–Crippen LogP) is 1.95. The Kier molecular flexibility index (Phi) is 4.76. The second-order valence-corrected chi connectivity index (χ2v) is 5.99. The summed E-state index contributed by atoms with van der Waals surface area (Å²) in [6.45, 7) is 14.4. The van der Waals surface area contributed by atoms with Gasteiger partial charge in [-0.05, 0) is 25.3 Å². The summed E-state index contributed by atoms with van der Waals surface area (Å²) in [6.07, 6.45) is 1.25. The van der Waals surface area contributed by atoms with E-state index < -0.39 is 0 Å². The molecule has 0 aromatic carbocycles.